The average Bonchev–Trinajstić information content (AvgIpc) is 2.19. The van der Waals surface area contributed by atoms with Crippen LogP contribution in [-0.4, -0.2) is 6.54 Å². The third-order valence-electron chi connectivity index (χ3n) is 1.68. The van der Waals surface area contributed by atoms with Crippen molar-refractivity contribution in [3.05, 3.63) is 35.4 Å². The van der Waals surface area contributed by atoms with Crippen molar-refractivity contribution in [1.29, 1.82) is 0 Å². The minimum absolute atomic E-state index is 0.594. The van der Waals surface area contributed by atoms with Crippen LogP contribution in [0.3, 0.4) is 0 Å². The molecule has 0 saturated carbocycles. The topological polar surface area (TPSA) is 12.0 Å². The largest absolute Gasteiger partial charge is 0.302 e. The third kappa shape index (κ3) is 3.03. The normalized spacial score (nSPS) is 8.77. The number of hydrogen-bond acceptors (Lipinski definition) is 1. The summed E-state index contributed by atoms with van der Waals surface area (Å²) in [6.45, 7) is 1.38. The van der Waals surface area contributed by atoms with Crippen molar-refractivity contribution in [2.75, 3.05) is 6.54 Å². The Kier molecular flexibility index (Phi) is 3.64. The van der Waals surface area contributed by atoms with Crippen molar-refractivity contribution in [3.8, 4) is 24.7 Å². The molecule has 64 valence electrons. The van der Waals surface area contributed by atoms with Gasteiger partial charge in [-0.3, -0.25) is 0 Å². The van der Waals surface area contributed by atoms with E-state index in [1.54, 1.807) is 0 Å². The summed E-state index contributed by atoms with van der Waals surface area (Å²) in [5, 5.41) is 3.10. The molecule has 0 aliphatic rings. The van der Waals surface area contributed by atoms with Gasteiger partial charge >= 0.3 is 0 Å². The lowest BCUT2D eigenvalue weighted by molar-refractivity contribution is 0.770. The average molecular weight is 169 g/mol. The van der Waals surface area contributed by atoms with Gasteiger partial charge in [0.2, 0.25) is 0 Å². The summed E-state index contributed by atoms with van der Waals surface area (Å²) < 4.78 is 0. The minimum Gasteiger partial charge on any atom is -0.302 e. The molecule has 0 unspecified atom stereocenters. The van der Waals surface area contributed by atoms with Crippen LogP contribution in [0.25, 0.3) is 0 Å². The van der Waals surface area contributed by atoms with E-state index in [0.29, 0.717) is 6.54 Å². The molecule has 0 aliphatic carbocycles. The zero-order valence-corrected chi connectivity index (χ0v) is 7.38. The van der Waals surface area contributed by atoms with Crippen molar-refractivity contribution in [1.82, 2.24) is 5.32 Å². The zero-order valence-electron chi connectivity index (χ0n) is 7.38. The van der Waals surface area contributed by atoms with E-state index >= 15 is 0 Å². The summed E-state index contributed by atoms with van der Waals surface area (Å²) in [7, 11) is 0. The SMILES string of the molecule is C#CCNCc1ccc(C#C)cc1. The second kappa shape index (κ2) is 5.04. The molecule has 0 radical (unpaired) electrons. The quantitative estimate of drug-likeness (QED) is 0.532. The summed E-state index contributed by atoms with van der Waals surface area (Å²) in [6, 6.07) is 7.84. The van der Waals surface area contributed by atoms with E-state index in [2.05, 4.69) is 17.2 Å². The Morgan fingerprint density at radius 3 is 2.38 bits per heavy atom. The molecule has 0 fully saturated rings. The zero-order chi connectivity index (χ0) is 9.52. The van der Waals surface area contributed by atoms with Crippen LogP contribution in [0, 0.1) is 24.7 Å². The standard InChI is InChI=1S/C12H11N/c1-3-9-13-10-12-7-5-11(4-2)6-8-12/h1-2,5-8,13H,9-10H2. The van der Waals surface area contributed by atoms with E-state index < -0.39 is 0 Å². The first-order valence-corrected chi connectivity index (χ1v) is 4.06. The number of nitrogens with one attached hydrogen (secondary N) is 1. The molecule has 0 atom stereocenters. The Morgan fingerprint density at radius 1 is 1.15 bits per heavy atom. The molecule has 1 aromatic carbocycles. The Bertz CT molecular complexity index is 335. The second-order valence-corrected chi connectivity index (χ2v) is 2.65. The van der Waals surface area contributed by atoms with Gasteiger partial charge in [0.1, 0.15) is 0 Å². The van der Waals surface area contributed by atoms with Crippen molar-refractivity contribution < 1.29 is 0 Å². The van der Waals surface area contributed by atoms with Gasteiger partial charge in [0.25, 0.3) is 0 Å². The van der Waals surface area contributed by atoms with Gasteiger partial charge in [-0.1, -0.05) is 24.0 Å². The molecule has 0 aromatic heterocycles. The van der Waals surface area contributed by atoms with Crippen LogP contribution in [0.4, 0.5) is 0 Å². The predicted octanol–water partition coefficient (Wildman–Crippen LogP) is 1.39. The molecule has 1 nitrogen and oxygen atoms in total. The highest BCUT2D eigenvalue weighted by molar-refractivity contribution is 5.34. The lowest BCUT2D eigenvalue weighted by atomic mass is 10.1. The first-order valence-electron chi connectivity index (χ1n) is 4.06. The maximum Gasteiger partial charge on any atom is 0.0576 e. The fraction of sp³-hybridized carbons (Fsp3) is 0.167. The van der Waals surface area contributed by atoms with Gasteiger partial charge in [0.05, 0.1) is 6.54 Å². The number of terminal acetylenes is 2. The molecule has 1 N–H and O–H groups in total. The number of benzene rings is 1. The smallest absolute Gasteiger partial charge is 0.0576 e. The van der Waals surface area contributed by atoms with Crippen molar-refractivity contribution in [3.63, 3.8) is 0 Å². The van der Waals surface area contributed by atoms with Gasteiger partial charge in [-0.05, 0) is 17.7 Å². The molecule has 13 heavy (non-hydrogen) atoms. The minimum atomic E-state index is 0.594. The van der Waals surface area contributed by atoms with Gasteiger partial charge in [-0.25, -0.2) is 0 Å². The van der Waals surface area contributed by atoms with E-state index in [-0.39, 0.29) is 0 Å². The molecule has 0 spiro atoms. The van der Waals surface area contributed by atoms with E-state index in [9.17, 15) is 0 Å². The number of hydrogen-bond donors (Lipinski definition) is 1. The van der Waals surface area contributed by atoms with Crippen molar-refractivity contribution >= 4 is 0 Å². The number of rotatable bonds is 3. The van der Waals surface area contributed by atoms with E-state index in [4.69, 9.17) is 12.8 Å². The highest BCUT2D eigenvalue weighted by Gasteiger charge is 1.90. The summed E-state index contributed by atoms with van der Waals surface area (Å²) in [5.41, 5.74) is 2.09. The first-order chi connectivity index (χ1) is 6.36. The summed E-state index contributed by atoms with van der Waals surface area (Å²) in [6.07, 6.45) is 10.3. The van der Waals surface area contributed by atoms with Crippen LogP contribution in [0.15, 0.2) is 24.3 Å². The fourth-order valence-corrected chi connectivity index (χ4v) is 0.998. The van der Waals surface area contributed by atoms with Crippen LogP contribution in [0.2, 0.25) is 0 Å². The van der Waals surface area contributed by atoms with Crippen LogP contribution in [0.5, 0.6) is 0 Å². The van der Waals surface area contributed by atoms with Crippen LogP contribution < -0.4 is 5.32 Å². The van der Waals surface area contributed by atoms with Gasteiger partial charge in [-0.2, -0.15) is 0 Å². The summed E-state index contributed by atoms with van der Waals surface area (Å²) in [5.74, 6) is 5.09. The Morgan fingerprint density at radius 2 is 1.85 bits per heavy atom. The molecular weight excluding hydrogens is 158 g/mol. The van der Waals surface area contributed by atoms with Gasteiger partial charge in [-0.15, -0.1) is 12.8 Å². The molecule has 0 aliphatic heterocycles. The molecule has 1 aromatic rings. The Balaban J connectivity index is 2.52. The monoisotopic (exact) mass is 169 g/mol. The predicted molar refractivity (Wildman–Crippen MR) is 54.9 cm³/mol. The van der Waals surface area contributed by atoms with Crippen molar-refractivity contribution in [2.45, 2.75) is 6.54 Å². The lowest BCUT2D eigenvalue weighted by Crippen LogP contribution is -2.12. The summed E-state index contributed by atoms with van der Waals surface area (Å²) in [4.78, 5) is 0. The van der Waals surface area contributed by atoms with Crippen LogP contribution in [-0.2, 0) is 6.54 Å². The molecule has 1 heteroatoms. The van der Waals surface area contributed by atoms with Crippen molar-refractivity contribution in [2.24, 2.45) is 0 Å². The molecule has 0 bridgehead atoms. The Labute approximate surface area is 79.2 Å². The van der Waals surface area contributed by atoms with Gasteiger partial charge < -0.3 is 5.32 Å². The molecule has 0 heterocycles. The fourth-order valence-electron chi connectivity index (χ4n) is 0.998. The molecular formula is C12H11N. The van der Waals surface area contributed by atoms with Crippen LogP contribution in [0.1, 0.15) is 11.1 Å². The second-order valence-electron chi connectivity index (χ2n) is 2.65. The molecule has 0 saturated heterocycles. The van der Waals surface area contributed by atoms with E-state index in [1.165, 1.54) is 5.56 Å². The van der Waals surface area contributed by atoms with Crippen LogP contribution >= 0.6 is 0 Å². The Hall–Kier alpha value is -1.70. The highest BCUT2D eigenvalue weighted by Crippen LogP contribution is 2.02. The van der Waals surface area contributed by atoms with E-state index in [1.807, 2.05) is 24.3 Å². The van der Waals surface area contributed by atoms with Gasteiger partial charge in [0.15, 0.2) is 0 Å². The van der Waals surface area contributed by atoms with Gasteiger partial charge in [0, 0.05) is 12.1 Å². The third-order valence-corrected chi connectivity index (χ3v) is 1.68. The maximum absolute atomic E-state index is 5.23. The van der Waals surface area contributed by atoms with E-state index in [0.717, 1.165) is 12.1 Å². The lowest BCUT2D eigenvalue weighted by Gasteiger charge is -2.00. The molecule has 1 rings (SSSR count). The highest BCUT2D eigenvalue weighted by atomic mass is 14.8. The molecule has 0 amide bonds. The maximum atomic E-state index is 5.23. The summed E-state index contributed by atoms with van der Waals surface area (Å²) >= 11 is 0. The first kappa shape index (κ1) is 9.39.